The molecule has 1 N–H and O–H groups in total. The van der Waals surface area contributed by atoms with Crippen LogP contribution in [0.2, 0.25) is 0 Å². The third-order valence-corrected chi connectivity index (χ3v) is 6.72. The Bertz CT molecular complexity index is 1170. The molecule has 2 aromatic rings. The average molecular weight is 452 g/mol. The van der Waals surface area contributed by atoms with Crippen LogP contribution in [0.5, 0.6) is 0 Å². The predicted octanol–water partition coefficient (Wildman–Crippen LogP) is 3.88. The smallest absolute Gasteiger partial charge is 0.266 e. The number of hydrogen-bond acceptors (Lipinski definition) is 5. The highest BCUT2D eigenvalue weighted by Crippen LogP contribution is 2.44. The summed E-state index contributed by atoms with van der Waals surface area (Å²) in [7, 11) is 0. The molecule has 31 heavy (non-hydrogen) atoms. The molecule has 1 saturated heterocycles. The van der Waals surface area contributed by atoms with Gasteiger partial charge in [0.2, 0.25) is 5.91 Å². The number of para-hydroxylation sites is 1. The van der Waals surface area contributed by atoms with Gasteiger partial charge >= 0.3 is 0 Å². The van der Waals surface area contributed by atoms with Crippen LogP contribution in [0.25, 0.3) is 5.57 Å². The van der Waals surface area contributed by atoms with Crippen molar-refractivity contribution >= 4 is 63.0 Å². The fourth-order valence-corrected chi connectivity index (χ4v) is 5.22. The first-order chi connectivity index (χ1) is 14.8. The molecule has 2 aliphatic rings. The Hall–Kier alpha value is -2.97. The Morgan fingerprint density at radius 1 is 1.06 bits per heavy atom. The van der Waals surface area contributed by atoms with Crippen molar-refractivity contribution in [1.82, 2.24) is 4.90 Å². The number of aryl methyl sites for hydroxylation is 2. The zero-order valence-electron chi connectivity index (χ0n) is 17.4. The van der Waals surface area contributed by atoms with Crippen LogP contribution < -0.4 is 10.2 Å². The second-order valence-electron chi connectivity index (χ2n) is 7.40. The minimum atomic E-state index is -0.367. The Labute approximate surface area is 190 Å². The quantitative estimate of drug-likeness (QED) is 0.564. The first kappa shape index (κ1) is 21.3. The second kappa shape index (κ2) is 8.28. The fraction of sp³-hybridized carbons (Fsp3) is 0.217. The minimum Gasteiger partial charge on any atom is -0.324 e. The van der Waals surface area contributed by atoms with Crippen LogP contribution in [0.3, 0.4) is 0 Å². The fourth-order valence-electron chi connectivity index (χ4n) is 3.77. The van der Waals surface area contributed by atoms with Crippen molar-refractivity contribution in [3.8, 4) is 0 Å². The summed E-state index contributed by atoms with van der Waals surface area (Å²) in [4.78, 5) is 42.2. The van der Waals surface area contributed by atoms with Gasteiger partial charge in [-0.3, -0.25) is 24.2 Å². The average Bonchev–Trinajstić information content (AvgIpc) is 3.16. The number of thioether (sulfide) groups is 1. The molecule has 0 unspecified atom stereocenters. The Morgan fingerprint density at radius 2 is 1.81 bits per heavy atom. The molecule has 2 aliphatic heterocycles. The van der Waals surface area contributed by atoms with Crippen molar-refractivity contribution in [2.75, 3.05) is 23.3 Å². The summed E-state index contributed by atoms with van der Waals surface area (Å²) in [5, 5.41) is 2.88. The lowest BCUT2D eigenvalue weighted by molar-refractivity contribution is -0.122. The van der Waals surface area contributed by atoms with E-state index in [-0.39, 0.29) is 24.3 Å². The monoisotopic (exact) mass is 451 g/mol. The number of anilines is 2. The molecule has 0 saturated carbocycles. The maximum atomic E-state index is 13.4. The molecule has 2 heterocycles. The molecular weight excluding hydrogens is 430 g/mol. The van der Waals surface area contributed by atoms with Gasteiger partial charge in [-0.1, -0.05) is 59.9 Å². The topological polar surface area (TPSA) is 69.7 Å². The van der Waals surface area contributed by atoms with Crippen molar-refractivity contribution in [2.45, 2.75) is 20.8 Å². The largest absolute Gasteiger partial charge is 0.324 e. The number of carbonyl (C=O) groups excluding carboxylic acids is 3. The third kappa shape index (κ3) is 3.77. The number of fused-ring (bicyclic) bond motifs is 1. The standard InChI is InChI=1S/C23H21N3O3S2/c1-4-25-22(29)20(31-23(25)30)19-15-7-5-6-8-17(15)26(21(19)28)12-18(27)24-16-10-9-13(2)11-14(16)3/h5-11H,4,12H2,1-3H3,(H,24,27). The molecule has 2 aromatic carbocycles. The van der Waals surface area contributed by atoms with Crippen LogP contribution >= 0.6 is 24.0 Å². The van der Waals surface area contributed by atoms with Gasteiger partial charge < -0.3 is 5.32 Å². The van der Waals surface area contributed by atoms with Gasteiger partial charge in [-0.25, -0.2) is 0 Å². The molecule has 0 aliphatic carbocycles. The Kier molecular flexibility index (Phi) is 5.68. The van der Waals surface area contributed by atoms with Crippen molar-refractivity contribution in [1.29, 1.82) is 0 Å². The van der Waals surface area contributed by atoms with Crippen molar-refractivity contribution in [3.05, 3.63) is 64.1 Å². The van der Waals surface area contributed by atoms with Crippen molar-refractivity contribution in [2.24, 2.45) is 0 Å². The van der Waals surface area contributed by atoms with E-state index in [1.54, 1.807) is 18.2 Å². The van der Waals surface area contributed by atoms with E-state index in [2.05, 4.69) is 5.32 Å². The summed E-state index contributed by atoms with van der Waals surface area (Å²) in [6, 6.07) is 13.0. The highest BCUT2D eigenvalue weighted by atomic mass is 32.2. The Morgan fingerprint density at radius 3 is 2.48 bits per heavy atom. The summed E-state index contributed by atoms with van der Waals surface area (Å²) in [5.74, 6) is -0.941. The van der Waals surface area contributed by atoms with E-state index in [0.717, 1.165) is 22.9 Å². The van der Waals surface area contributed by atoms with Gasteiger partial charge in [-0.2, -0.15) is 0 Å². The molecular formula is C23H21N3O3S2. The van der Waals surface area contributed by atoms with Crippen LogP contribution in [0.1, 0.15) is 23.6 Å². The SMILES string of the molecule is CCN1C(=O)C(=C2C(=O)N(CC(=O)Nc3ccc(C)cc3C)c3ccccc32)SC1=S. The molecule has 8 heteroatoms. The number of nitrogens with one attached hydrogen (secondary N) is 1. The number of likely N-dealkylation sites (N-methyl/N-ethyl adjacent to an activating group) is 1. The van der Waals surface area contributed by atoms with Crippen LogP contribution in [0.4, 0.5) is 11.4 Å². The summed E-state index contributed by atoms with van der Waals surface area (Å²) < 4.78 is 0.436. The van der Waals surface area contributed by atoms with Crippen LogP contribution in [-0.2, 0) is 14.4 Å². The summed E-state index contributed by atoms with van der Waals surface area (Å²) in [6.45, 7) is 6.04. The van der Waals surface area contributed by atoms with E-state index < -0.39 is 0 Å². The number of thiocarbonyl (C=S) groups is 1. The number of amides is 3. The Balaban J connectivity index is 1.65. The van der Waals surface area contributed by atoms with E-state index in [0.29, 0.717) is 38.3 Å². The van der Waals surface area contributed by atoms with Crippen LogP contribution in [0.15, 0.2) is 47.4 Å². The van der Waals surface area contributed by atoms with Crippen LogP contribution in [0, 0.1) is 13.8 Å². The first-order valence-corrected chi connectivity index (χ1v) is 11.1. The molecule has 158 valence electrons. The van der Waals surface area contributed by atoms with E-state index in [9.17, 15) is 14.4 Å². The number of nitrogens with zero attached hydrogens (tertiary/aromatic N) is 2. The normalized spacial score (nSPS) is 18.1. The third-order valence-electron chi connectivity index (χ3n) is 5.27. The maximum absolute atomic E-state index is 13.4. The highest BCUT2D eigenvalue weighted by molar-refractivity contribution is 8.26. The molecule has 4 rings (SSSR count). The first-order valence-electron chi connectivity index (χ1n) is 9.88. The molecule has 3 amide bonds. The van der Waals surface area contributed by atoms with E-state index in [4.69, 9.17) is 12.2 Å². The number of benzene rings is 2. The highest BCUT2D eigenvalue weighted by Gasteiger charge is 2.41. The maximum Gasteiger partial charge on any atom is 0.266 e. The predicted molar refractivity (Wildman–Crippen MR) is 128 cm³/mol. The van der Waals surface area contributed by atoms with Crippen molar-refractivity contribution < 1.29 is 14.4 Å². The lowest BCUT2D eigenvalue weighted by Crippen LogP contribution is -2.35. The van der Waals surface area contributed by atoms with Gasteiger partial charge in [0.15, 0.2) is 0 Å². The van der Waals surface area contributed by atoms with E-state index >= 15 is 0 Å². The molecule has 0 spiro atoms. The minimum absolute atomic E-state index is 0.152. The van der Waals surface area contributed by atoms with Gasteiger partial charge in [0.05, 0.1) is 16.2 Å². The summed E-state index contributed by atoms with van der Waals surface area (Å²) >= 11 is 6.44. The van der Waals surface area contributed by atoms with Gasteiger partial charge in [0.1, 0.15) is 10.9 Å². The van der Waals surface area contributed by atoms with Gasteiger partial charge in [0.25, 0.3) is 11.8 Å². The molecule has 0 radical (unpaired) electrons. The molecule has 0 aromatic heterocycles. The number of rotatable bonds is 4. The lowest BCUT2D eigenvalue weighted by Gasteiger charge is -2.17. The lowest BCUT2D eigenvalue weighted by atomic mass is 10.1. The van der Waals surface area contributed by atoms with Gasteiger partial charge in [-0.15, -0.1) is 0 Å². The zero-order chi connectivity index (χ0) is 22.3. The van der Waals surface area contributed by atoms with E-state index in [1.807, 2.05) is 45.0 Å². The number of hydrogen-bond donors (Lipinski definition) is 1. The molecule has 1 fully saturated rings. The van der Waals surface area contributed by atoms with Crippen molar-refractivity contribution in [3.63, 3.8) is 0 Å². The molecule has 0 atom stereocenters. The van der Waals surface area contributed by atoms with Gasteiger partial charge in [-0.05, 0) is 38.5 Å². The van der Waals surface area contributed by atoms with Crippen LogP contribution in [-0.4, -0.2) is 40.0 Å². The van der Waals surface area contributed by atoms with E-state index in [1.165, 1.54) is 9.80 Å². The molecule has 6 nitrogen and oxygen atoms in total. The summed E-state index contributed by atoms with van der Waals surface area (Å²) in [6.07, 6.45) is 0. The number of carbonyl (C=O) groups is 3. The second-order valence-corrected chi connectivity index (χ2v) is 9.04. The summed E-state index contributed by atoms with van der Waals surface area (Å²) in [5.41, 5.74) is 4.32. The molecule has 0 bridgehead atoms. The van der Waals surface area contributed by atoms with Gasteiger partial charge in [0, 0.05) is 17.8 Å². The zero-order valence-corrected chi connectivity index (χ0v) is 19.0.